The van der Waals surface area contributed by atoms with Gasteiger partial charge in [0.25, 0.3) is 0 Å². The van der Waals surface area contributed by atoms with Crippen LogP contribution in [0.3, 0.4) is 0 Å². The Hall–Kier alpha value is -3.39. The van der Waals surface area contributed by atoms with E-state index in [0.29, 0.717) is 5.56 Å². The van der Waals surface area contributed by atoms with Crippen LogP contribution in [0.5, 0.6) is 0 Å². The van der Waals surface area contributed by atoms with Gasteiger partial charge in [0.15, 0.2) is 0 Å². The van der Waals surface area contributed by atoms with E-state index in [2.05, 4.69) is 10.6 Å². The van der Waals surface area contributed by atoms with Crippen LogP contribution in [0.25, 0.3) is 0 Å². The fourth-order valence-corrected chi connectivity index (χ4v) is 4.52. The van der Waals surface area contributed by atoms with E-state index in [1.54, 1.807) is 20.8 Å². The molecule has 0 aliphatic carbocycles. The number of alkyl carbamates (subject to hydrolysis) is 1. The van der Waals surface area contributed by atoms with Crippen LogP contribution in [0.2, 0.25) is 0 Å². The van der Waals surface area contributed by atoms with Crippen molar-refractivity contribution in [3.8, 4) is 0 Å². The molecule has 0 aliphatic rings. The first-order valence-corrected chi connectivity index (χ1v) is 13.7. The lowest BCUT2D eigenvalue weighted by Crippen LogP contribution is -2.55. The van der Waals surface area contributed by atoms with Crippen LogP contribution in [0.1, 0.15) is 75.8 Å². The molecule has 2 aromatic carbocycles. The Morgan fingerprint density at radius 2 is 1.67 bits per heavy atom. The average molecular weight is 540 g/mol. The van der Waals surface area contributed by atoms with Crippen LogP contribution >= 0.6 is 0 Å². The minimum atomic E-state index is -1.03. The van der Waals surface area contributed by atoms with E-state index < -0.39 is 29.7 Å². The molecule has 3 amide bonds. The summed E-state index contributed by atoms with van der Waals surface area (Å²) in [6.45, 7) is 12.6. The van der Waals surface area contributed by atoms with Crippen molar-refractivity contribution in [3.63, 3.8) is 0 Å². The lowest BCUT2D eigenvalue weighted by Gasteiger charge is -2.35. The summed E-state index contributed by atoms with van der Waals surface area (Å²) in [5.41, 5.74) is 2.62. The Balaban J connectivity index is 2.56. The Labute approximate surface area is 233 Å². The van der Waals surface area contributed by atoms with Crippen molar-refractivity contribution < 1.29 is 24.2 Å². The second-order valence-electron chi connectivity index (χ2n) is 11.0. The molecule has 0 fully saturated rings. The van der Waals surface area contributed by atoms with Gasteiger partial charge in [-0.2, -0.15) is 0 Å². The molecule has 39 heavy (non-hydrogen) atoms. The van der Waals surface area contributed by atoms with Crippen molar-refractivity contribution in [1.29, 1.82) is 0 Å². The van der Waals surface area contributed by atoms with Gasteiger partial charge < -0.3 is 25.4 Å². The number of benzene rings is 2. The Kier molecular flexibility index (Phi) is 12.0. The summed E-state index contributed by atoms with van der Waals surface area (Å²) in [6.07, 6.45) is 1.14. The number of ether oxygens (including phenoxy) is 1. The first-order valence-electron chi connectivity index (χ1n) is 13.7. The lowest BCUT2D eigenvalue weighted by atomic mass is 9.94. The van der Waals surface area contributed by atoms with Crippen LogP contribution in [0.15, 0.2) is 48.5 Å². The van der Waals surface area contributed by atoms with Gasteiger partial charge in [0.1, 0.15) is 17.7 Å². The van der Waals surface area contributed by atoms with Crippen LogP contribution in [-0.4, -0.2) is 58.8 Å². The fraction of sp³-hybridized carbons (Fsp3) is 0.516. The van der Waals surface area contributed by atoms with E-state index in [0.717, 1.165) is 29.5 Å². The summed E-state index contributed by atoms with van der Waals surface area (Å²) >= 11 is 0. The minimum Gasteiger partial charge on any atom is -0.444 e. The molecule has 0 bridgehead atoms. The largest absolute Gasteiger partial charge is 0.444 e. The molecule has 214 valence electrons. The molecule has 8 heteroatoms. The van der Waals surface area contributed by atoms with Gasteiger partial charge in [-0.25, -0.2) is 4.79 Å². The Morgan fingerprint density at radius 3 is 2.26 bits per heavy atom. The Bertz CT molecular complexity index is 1100. The molecular formula is C31H45N3O5. The van der Waals surface area contributed by atoms with Gasteiger partial charge in [0.05, 0.1) is 6.61 Å². The van der Waals surface area contributed by atoms with E-state index in [-0.39, 0.29) is 31.5 Å². The molecule has 3 N–H and O–H groups in total. The fourth-order valence-electron chi connectivity index (χ4n) is 4.52. The molecule has 0 heterocycles. The van der Waals surface area contributed by atoms with E-state index in [1.807, 2.05) is 76.2 Å². The first-order chi connectivity index (χ1) is 18.4. The maximum Gasteiger partial charge on any atom is 0.408 e. The number of nitrogens with zero attached hydrogens (tertiary/aromatic N) is 1. The lowest BCUT2D eigenvalue weighted by molar-refractivity contribution is -0.143. The third-order valence-corrected chi connectivity index (χ3v) is 6.51. The van der Waals surface area contributed by atoms with Crippen molar-refractivity contribution in [2.75, 3.05) is 13.2 Å². The highest BCUT2D eigenvalue weighted by atomic mass is 16.6. The number of rotatable bonds is 12. The number of aliphatic hydroxyl groups is 1. The van der Waals surface area contributed by atoms with Gasteiger partial charge in [-0.1, -0.05) is 61.9 Å². The quantitative estimate of drug-likeness (QED) is 0.365. The van der Waals surface area contributed by atoms with Crippen molar-refractivity contribution in [1.82, 2.24) is 15.5 Å². The van der Waals surface area contributed by atoms with E-state index in [1.165, 1.54) is 4.90 Å². The number of hydrogen-bond donors (Lipinski definition) is 3. The number of aryl methyl sites for hydroxylation is 1. The predicted octanol–water partition coefficient (Wildman–Crippen LogP) is 4.61. The van der Waals surface area contributed by atoms with Crippen molar-refractivity contribution >= 4 is 17.9 Å². The number of aliphatic hydroxyl groups excluding tert-OH is 1. The van der Waals surface area contributed by atoms with Gasteiger partial charge in [0, 0.05) is 19.0 Å². The third kappa shape index (κ3) is 9.70. The van der Waals surface area contributed by atoms with Gasteiger partial charge >= 0.3 is 6.09 Å². The first kappa shape index (κ1) is 31.8. The van der Waals surface area contributed by atoms with Gasteiger partial charge in [0.2, 0.25) is 11.8 Å². The summed E-state index contributed by atoms with van der Waals surface area (Å²) < 4.78 is 5.45. The van der Waals surface area contributed by atoms with Crippen LogP contribution in [0, 0.1) is 13.8 Å². The molecule has 0 radical (unpaired) electrons. The normalized spacial score (nSPS) is 13.6. The summed E-state index contributed by atoms with van der Waals surface area (Å²) in [5, 5.41) is 15.8. The maximum atomic E-state index is 14.2. The summed E-state index contributed by atoms with van der Waals surface area (Å²) in [7, 11) is 0. The standard InChI is InChI=1S/C31H45N3O5/c1-8-13-22(3)32-28(36)27(25-17-12-14-21(2)23(25)4)34(18-19-35)29(37)26(20-24-15-10-9-11-16-24)33-30(38)39-31(5,6)7/h9-12,14-17,22,26-27,35H,8,13,18-20H2,1-7H3,(H,32,36)(H,33,38). The predicted molar refractivity (Wildman–Crippen MR) is 153 cm³/mol. The summed E-state index contributed by atoms with van der Waals surface area (Å²) in [5.74, 6) is -0.815. The molecule has 0 saturated heterocycles. The van der Waals surface area contributed by atoms with Gasteiger partial charge in [-0.05, 0) is 70.2 Å². The van der Waals surface area contributed by atoms with Crippen molar-refractivity contribution in [3.05, 3.63) is 70.8 Å². The number of carbonyl (C=O) groups excluding carboxylic acids is 3. The maximum absolute atomic E-state index is 14.2. The molecule has 0 aromatic heterocycles. The van der Waals surface area contributed by atoms with Gasteiger partial charge in [-0.15, -0.1) is 0 Å². The second kappa shape index (κ2) is 14.7. The third-order valence-electron chi connectivity index (χ3n) is 6.51. The molecule has 0 aliphatic heterocycles. The molecule has 2 rings (SSSR count). The SMILES string of the molecule is CCCC(C)NC(=O)C(c1cccc(C)c1C)N(CCO)C(=O)C(Cc1ccccc1)NC(=O)OC(C)(C)C. The highest BCUT2D eigenvalue weighted by molar-refractivity contribution is 5.92. The molecular weight excluding hydrogens is 494 g/mol. The second-order valence-corrected chi connectivity index (χ2v) is 11.0. The van der Waals surface area contributed by atoms with Crippen molar-refractivity contribution in [2.45, 2.75) is 91.5 Å². The summed E-state index contributed by atoms with van der Waals surface area (Å²) in [4.78, 5) is 42.2. The van der Waals surface area contributed by atoms with E-state index >= 15 is 0 Å². The van der Waals surface area contributed by atoms with Gasteiger partial charge in [-0.3, -0.25) is 9.59 Å². The van der Waals surface area contributed by atoms with E-state index in [9.17, 15) is 19.5 Å². The van der Waals surface area contributed by atoms with Crippen molar-refractivity contribution in [2.24, 2.45) is 0 Å². The number of hydrogen-bond acceptors (Lipinski definition) is 5. The summed E-state index contributed by atoms with van der Waals surface area (Å²) in [6, 6.07) is 12.9. The monoisotopic (exact) mass is 539 g/mol. The number of carbonyl (C=O) groups is 3. The molecule has 0 saturated carbocycles. The zero-order valence-electron chi connectivity index (χ0n) is 24.4. The average Bonchev–Trinajstić information content (AvgIpc) is 2.85. The Morgan fingerprint density at radius 1 is 1.00 bits per heavy atom. The highest BCUT2D eigenvalue weighted by Crippen LogP contribution is 2.28. The molecule has 3 unspecified atom stereocenters. The molecule has 8 nitrogen and oxygen atoms in total. The van der Waals surface area contributed by atoms with E-state index in [4.69, 9.17) is 4.74 Å². The molecule has 0 spiro atoms. The topological polar surface area (TPSA) is 108 Å². The highest BCUT2D eigenvalue weighted by Gasteiger charge is 2.37. The molecule has 2 aromatic rings. The van der Waals surface area contributed by atoms with Crippen LogP contribution < -0.4 is 10.6 Å². The van der Waals surface area contributed by atoms with Crippen LogP contribution in [0.4, 0.5) is 4.79 Å². The number of amides is 3. The zero-order valence-corrected chi connectivity index (χ0v) is 24.4. The van der Waals surface area contributed by atoms with Crippen LogP contribution in [-0.2, 0) is 20.7 Å². The number of nitrogens with one attached hydrogen (secondary N) is 2. The zero-order chi connectivity index (χ0) is 29.2. The smallest absolute Gasteiger partial charge is 0.408 e. The minimum absolute atomic E-state index is 0.0895. The molecule has 3 atom stereocenters.